The second-order valence-corrected chi connectivity index (χ2v) is 14.8. The normalized spacial score (nSPS) is 14.8. The van der Waals surface area contributed by atoms with Crippen molar-refractivity contribution in [2.45, 2.75) is 70.7 Å². The second kappa shape index (κ2) is 10.9. The highest BCUT2D eigenvalue weighted by atomic mass is 35.5. The molecule has 3 aromatic rings. The van der Waals surface area contributed by atoms with Gasteiger partial charge in [-0.15, -0.1) is 22.7 Å². The van der Waals surface area contributed by atoms with Gasteiger partial charge in [0.1, 0.15) is 9.90 Å². The molecule has 0 unspecified atom stereocenters. The van der Waals surface area contributed by atoms with Crippen molar-refractivity contribution in [2.24, 2.45) is 11.3 Å². The Morgan fingerprint density at radius 1 is 1.22 bits per heavy atom. The number of hydrogen-bond acceptors (Lipinski definition) is 7. The van der Waals surface area contributed by atoms with Crippen molar-refractivity contribution in [1.82, 2.24) is 14.7 Å². The predicted octanol–water partition coefficient (Wildman–Crippen LogP) is 6.92. The highest BCUT2D eigenvalue weighted by molar-refractivity contribution is 7.89. The Balaban J connectivity index is 1.73. The zero-order chi connectivity index (χ0) is 27.1. The highest BCUT2D eigenvalue weighted by Gasteiger charge is 2.30. The van der Waals surface area contributed by atoms with E-state index in [-0.39, 0.29) is 21.0 Å². The summed E-state index contributed by atoms with van der Waals surface area (Å²) < 4.78 is 28.0. The molecule has 0 saturated heterocycles. The average molecular weight is 603 g/mol. The highest BCUT2D eigenvalue weighted by Crippen LogP contribution is 2.45. The lowest BCUT2D eigenvalue weighted by Gasteiger charge is -2.24. The molecule has 1 fully saturated rings. The molecule has 2 N–H and O–H groups in total. The fraction of sp³-hybridized carbons (Fsp3) is 0.480. The van der Waals surface area contributed by atoms with Crippen LogP contribution in [0.15, 0.2) is 23.2 Å². The maximum Gasteiger partial charge on any atom is 0.309 e. The lowest BCUT2D eigenvalue weighted by Crippen LogP contribution is -2.30. The summed E-state index contributed by atoms with van der Waals surface area (Å²) in [6.45, 7) is 6.84. The first-order valence-corrected chi connectivity index (χ1v) is 15.8. The van der Waals surface area contributed by atoms with Crippen molar-refractivity contribution in [3.05, 3.63) is 39.1 Å². The Kier molecular flexibility index (Phi) is 8.38. The van der Waals surface area contributed by atoms with E-state index in [0.717, 1.165) is 44.7 Å². The van der Waals surface area contributed by atoms with Crippen LogP contribution in [0.3, 0.4) is 0 Å². The molecule has 0 aliphatic heterocycles. The summed E-state index contributed by atoms with van der Waals surface area (Å²) in [6, 6.07) is 2.89. The smallest absolute Gasteiger partial charge is 0.309 e. The Morgan fingerprint density at radius 3 is 2.51 bits per heavy atom. The molecule has 2 aromatic heterocycles. The standard InChI is InChI=1S/C25H29Cl2N3O4S3/c1-13(2)30-37(33,34)18-9-8-15(20(26)21(18)27)22-16(10-14-6-5-7-14)29-23(36-22)17-12-28-19(35-17)11-25(3,4)24(31)32/h8-9,12-14,30H,5-7,10-11H2,1-4H3,(H,31,32). The molecule has 1 aliphatic rings. The van der Waals surface area contributed by atoms with Crippen LogP contribution in [0.5, 0.6) is 0 Å². The Labute approximate surface area is 235 Å². The van der Waals surface area contributed by atoms with Crippen LogP contribution in [0.2, 0.25) is 10.0 Å². The number of nitrogens with one attached hydrogen (secondary N) is 1. The zero-order valence-corrected chi connectivity index (χ0v) is 24.9. The fourth-order valence-electron chi connectivity index (χ4n) is 4.01. The van der Waals surface area contributed by atoms with Gasteiger partial charge in [-0.2, -0.15) is 0 Å². The van der Waals surface area contributed by atoms with Gasteiger partial charge in [-0.3, -0.25) is 4.79 Å². The van der Waals surface area contributed by atoms with Gasteiger partial charge in [0.05, 0.1) is 35.9 Å². The van der Waals surface area contributed by atoms with Crippen LogP contribution in [0.1, 0.15) is 57.7 Å². The predicted molar refractivity (Wildman–Crippen MR) is 150 cm³/mol. The topological polar surface area (TPSA) is 109 Å². The molecule has 12 heteroatoms. The fourth-order valence-corrected chi connectivity index (χ4v) is 8.49. The summed E-state index contributed by atoms with van der Waals surface area (Å²) >= 11 is 16.1. The minimum atomic E-state index is -3.82. The number of aromatic nitrogens is 2. The first-order chi connectivity index (χ1) is 17.3. The minimum Gasteiger partial charge on any atom is -0.481 e. The number of rotatable bonds is 10. The third kappa shape index (κ3) is 6.20. The molecule has 37 heavy (non-hydrogen) atoms. The van der Waals surface area contributed by atoms with E-state index in [4.69, 9.17) is 28.2 Å². The molecule has 0 atom stereocenters. The van der Waals surface area contributed by atoms with Crippen molar-refractivity contribution in [2.75, 3.05) is 0 Å². The average Bonchev–Trinajstić information content (AvgIpc) is 3.38. The lowest BCUT2D eigenvalue weighted by molar-refractivity contribution is -0.146. The third-order valence-electron chi connectivity index (χ3n) is 6.31. The molecule has 1 aromatic carbocycles. The lowest BCUT2D eigenvalue weighted by atomic mass is 9.82. The molecule has 2 heterocycles. The van der Waals surface area contributed by atoms with Gasteiger partial charge in [-0.1, -0.05) is 48.5 Å². The Morgan fingerprint density at radius 2 is 1.92 bits per heavy atom. The van der Waals surface area contributed by atoms with Crippen molar-refractivity contribution in [1.29, 1.82) is 0 Å². The molecule has 7 nitrogen and oxygen atoms in total. The Bertz CT molecular complexity index is 1430. The summed E-state index contributed by atoms with van der Waals surface area (Å²) in [4.78, 5) is 22.6. The molecule has 200 valence electrons. The van der Waals surface area contributed by atoms with Gasteiger partial charge in [0.25, 0.3) is 0 Å². The minimum absolute atomic E-state index is 0.0205. The Hall–Kier alpha value is -1.56. The molecule has 0 amide bonds. The summed E-state index contributed by atoms with van der Waals surface area (Å²) in [5.41, 5.74) is 0.624. The van der Waals surface area contributed by atoms with Crippen LogP contribution in [-0.2, 0) is 27.7 Å². The molecule has 1 saturated carbocycles. The van der Waals surface area contributed by atoms with Crippen molar-refractivity contribution < 1.29 is 18.3 Å². The first kappa shape index (κ1) is 28.4. The molecule has 1 aliphatic carbocycles. The van der Waals surface area contributed by atoms with Crippen LogP contribution >= 0.6 is 45.9 Å². The summed E-state index contributed by atoms with van der Waals surface area (Å²) in [5, 5.41) is 11.1. The summed E-state index contributed by atoms with van der Waals surface area (Å²) in [5.74, 6) is -0.324. The number of carbonyl (C=O) groups is 1. The van der Waals surface area contributed by atoms with Gasteiger partial charge in [0, 0.05) is 24.2 Å². The number of hydrogen-bond donors (Lipinski definition) is 2. The SMILES string of the molecule is CC(C)NS(=O)(=O)c1ccc(-c2sc(-c3cnc(CC(C)(C)C(=O)O)s3)nc2CC2CCC2)c(Cl)c1Cl. The first-order valence-electron chi connectivity index (χ1n) is 12.0. The van der Waals surface area contributed by atoms with Gasteiger partial charge in [-0.05, 0) is 46.1 Å². The molecule has 0 spiro atoms. The van der Waals surface area contributed by atoms with E-state index in [1.807, 2.05) is 0 Å². The van der Waals surface area contributed by atoms with Crippen molar-refractivity contribution in [3.63, 3.8) is 0 Å². The molecule has 0 bridgehead atoms. The van der Waals surface area contributed by atoms with E-state index >= 15 is 0 Å². The molecular weight excluding hydrogens is 573 g/mol. The van der Waals surface area contributed by atoms with Crippen LogP contribution in [0.25, 0.3) is 20.3 Å². The largest absolute Gasteiger partial charge is 0.481 e. The van der Waals surface area contributed by atoms with Crippen LogP contribution in [0, 0.1) is 11.3 Å². The van der Waals surface area contributed by atoms with E-state index in [9.17, 15) is 18.3 Å². The van der Waals surface area contributed by atoms with Crippen LogP contribution < -0.4 is 4.72 Å². The van der Waals surface area contributed by atoms with Crippen LogP contribution in [0.4, 0.5) is 0 Å². The van der Waals surface area contributed by atoms with Gasteiger partial charge < -0.3 is 5.11 Å². The number of halogens is 2. The number of thiazole rings is 2. The summed E-state index contributed by atoms with van der Waals surface area (Å²) in [7, 11) is -3.82. The van der Waals surface area contributed by atoms with E-state index in [0.29, 0.717) is 17.9 Å². The maximum atomic E-state index is 12.7. The molecule has 4 rings (SSSR count). The number of sulfonamides is 1. The number of benzene rings is 1. The zero-order valence-electron chi connectivity index (χ0n) is 21.0. The van der Waals surface area contributed by atoms with Gasteiger partial charge >= 0.3 is 5.97 Å². The van der Waals surface area contributed by atoms with Crippen molar-refractivity contribution in [3.8, 4) is 20.3 Å². The number of carboxylic acid groups (broad SMARTS) is 1. The van der Waals surface area contributed by atoms with Gasteiger partial charge in [0.15, 0.2) is 0 Å². The monoisotopic (exact) mass is 601 g/mol. The van der Waals surface area contributed by atoms with E-state index in [1.165, 1.54) is 35.2 Å². The number of carboxylic acids is 1. The van der Waals surface area contributed by atoms with E-state index in [2.05, 4.69) is 9.71 Å². The third-order valence-corrected chi connectivity index (χ3v) is 11.3. The van der Waals surface area contributed by atoms with Crippen molar-refractivity contribution >= 4 is 61.9 Å². The van der Waals surface area contributed by atoms with E-state index < -0.39 is 21.4 Å². The van der Waals surface area contributed by atoms with Gasteiger partial charge in [0.2, 0.25) is 10.0 Å². The maximum absolute atomic E-state index is 12.7. The molecular formula is C25H29Cl2N3O4S3. The van der Waals surface area contributed by atoms with Crippen LogP contribution in [-0.4, -0.2) is 35.5 Å². The summed E-state index contributed by atoms with van der Waals surface area (Å²) in [6.07, 6.45) is 6.35. The number of aliphatic carboxylic acids is 1. The second-order valence-electron chi connectivity index (χ2n) is 10.3. The quantitative estimate of drug-likeness (QED) is 0.261. The molecule has 0 radical (unpaired) electrons. The van der Waals surface area contributed by atoms with Gasteiger partial charge in [-0.25, -0.2) is 23.1 Å². The van der Waals surface area contributed by atoms with E-state index in [1.54, 1.807) is 40.0 Å². The number of nitrogens with zero attached hydrogens (tertiary/aromatic N) is 2.